The lowest BCUT2D eigenvalue weighted by molar-refractivity contribution is -0.384. The van der Waals surface area contributed by atoms with Crippen molar-refractivity contribution >= 4 is 17.3 Å². The molecule has 0 unspecified atom stereocenters. The molecule has 0 aliphatic heterocycles. The first kappa shape index (κ1) is 19.8. The van der Waals surface area contributed by atoms with E-state index in [-0.39, 0.29) is 18.1 Å². The summed E-state index contributed by atoms with van der Waals surface area (Å²) in [5.41, 5.74) is 1.03. The lowest BCUT2D eigenvalue weighted by atomic mass is 10.2. The molecular weight excluding hydrogens is 398 g/mol. The van der Waals surface area contributed by atoms with Gasteiger partial charge in [0.1, 0.15) is 24.4 Å². The van der Waals surface area contributed by atoms with Gasteiger partial charge in [-0.15, -0.1) is 0 Å². The molecule has 0 fully saturated rings. The summed E-state index contributed by atoms with van der Waals surface area (Å²) in [6.45, 7) is -0.0638. The van der Waals surface area contributed by atoms with E-state index in [2.05, 4.69) is 15.4 Å². The maximum absolute atomic E-state index is 12.4. The second kappa shape index (κ2) is 8.87. The van der Waals surface area contributed by atoms with Gasteiger partial charge in [-0.05, 0) is 24.3 Å². The van der Waals surface area contributed by atoms with Gasteiger partial charge in [0.2, 0.25) is 5.91 Å². The smallest absolute Gasteiger partial charge is 0.270 e. The zero-order chi connectivity index (χ0) is 21.6. The van der Waals surface area contributed by atoms with Crippen LogP contribution < -0.4 is 10.1 Å². The second-order valence-corrected chi connectivity index (χ2v) is 6.56. The van der Waals surface area contributed by atoms with Crippen molar-refractivity contribution < 1.29 is 14.5 Å². The van der Waals surface area contributed by atoms with Crippen molar-refractivity contribution in [2.24, 2.45) is 0 Å². The van der Waals surface area contributed by atoms with Crippen molar-refractivity contribution in [2.45, 2.75) is 6.54 Å². The molecule has 31 heavy (non-hydrogen) atoms. The fourth-order valence-corrected chi connectivity index (χ4v) is 2.87. The maximum Gasteiger partial charge on any atom is 0.270 e. The molecule has 0 radical (unpaired) electrons. The van der Waals surface area contributed by atoms with Crippen molar-refractivity contribution in [1.29, 1.82) is 0 Å². The minimum absolute atomic E-state index is 0.0517. The van der Waals surface area contributed by atoms with E-state index in [9.17, 15) is 14.9 Å². The Labute approximate surface area is 177 Å². The highest BCUT2D eigenvalue weighted by molar-refractivity contribution is 5.90. The maximum atomic E-state index is 12.4. The number of carbonyl (C=O) groups excluding carboxylic acids is 1. The van der Waals surface area contributed by atoms with E-state index in [1.54, 1.807) is 36.4 Å². The Morgan fingerprint density at radius 2 is 1.77 bits per heavy atom. The van der Waals surface area contributed by atoms with E-state index in [0.29, 0.717) is 28.6 Å². The molecular formula is C22H17N5O4. The van der Waals surface area contributed by atoms with Crippen molar-refractivity contribution in [1.82, 2.24) is 14.8 Å². The molecule has 1 aromatic heterocycles. The highest BCUT2D eigenvalue weighted by Crippen LogP contribution is 2.24. The van der Waals surface area contributed by atoms with Crippen LogP contribution in [-0.2, 0) is 11.3 Å². The molecule has 1 N–H and O–H groups in total. The minimum Gasteiger partial charge on any atom is -0.457 e. The van der Waals surface area contributed by atoms with Gasteiger partial charge >= 0.3 is 0 Å². The number of hydrogen-bond donors (Lipinski definition) is 1. The number of carbonyl (C=O) groups is 1. The van der Waals surface area contributed by atoms with Crippen LogP contribution in [0.5, 0.6) is 11.5 Å². The van der Waals surface area contributed by atoms with Crippen LogP contribution in [0.4, 0.5) is 11.4 Å². The summed E-state index contributed by atoms with van der Waals surface area (Å²) < 4.78 is 7.14. The number of benzene rings is 3. The monoisotopic (exact) mass is 415 g/mol. The van der Waals surface area contributed by atoms with Gasteiger partial charge in [0.15, 0.2) is 5.82 Å². The average Bonchev–Trinajstić information content (AvgIpc) is 3.23. The molecule has 0 saturated heterocycles. The number of nitrogens with zero attached hydrogens (tertiary/aromatic N) is 4. The first-order chi connectivity index (χ1) is 15.1. The van der Waals surface area contributed by atoms with Crippen molar-refractivity contribution in [3.8, 4) is 22.9 Å². The quantitative estimate of drug-likeness (QED) is 0.356. The molecule has 3 aromatic carbocycles. The molecule has 0 aliphatic carbocycles. The predicted molar refractivity (Wildman–Crippen MR) is 114 cm³/mol. The van der Waals surface area contributed by atoms with Crippen LogP contribution in [0.15, 0.2) is 85.2 Å². The number of para-hydroxylation sites is 1. The Hall–Kier alpha value is -4.53. The van der Waals surface area contributed by atoms with E-state index in [1.807, 2.05) is 30.3 Å². The topological polar surface area (TPSA) is 112 Å². The van der Waals surface area contributed by atoms with Gasteiger partial charge in [-0.3, -0.25) is 14.9 Å². The number of amides is 1. The third kappa shape index (κ3) is 5.10. The second-order valence-electron chi connectivity index (χ2n) is 6.56. The Bertz CT molecular complexity index is 1220. The third-order valence-corrected chi connectivity index (χ3v) is 4.25. The first-order valence-corrected chi connectivity index (χ1v) is 9.34. The minimum atomic E-state index is -0.483. The lowest BCUT2D eigenvalue weighted by Gasteiger charge is -2.09. The van der Waals surface area contributed by atoms with Gasteiger partial charge < -0.3 is 10.1 Å². The average molecular weight is 415 g/mol. The van der Waals surface area contributed by atoms with Crippen molar-refractivity contribution in [2.75, 3.05) is 5.32 Å². The highest BCUT2D eigenvalue weighted by atomic mass is 16.6. The summed E-state index contributed by atoms with van der Waals surface area (Å²) in [6, 6.07) is 22.4. The summed E-state index contributed by atoms with van der Waals surface area (Å²) in [4.78, 5) is 27.0. The zero-order valence-electron chi connectivity index (χ0n) is 16.2. The zero-order valence-corrected chi connectivity index (χ0v) is 16.2. The number of anilines is 1. The molecule has 9 heteroatoms. The van der Waals surface area contributed by atoms with Crippen molar-refractivity contribution in [3.63, 3.8) is 0 Å². The number of ether oxygens (including phenoxy) is 1. The Morgan fingerprint density at radius 3 is 2.58 bits per heavy atom. The largest absolute Gasteiger partial charge is 0.457 e. The van der Waals surface area contributed by atoms with Crippen LogP contribution in [0.1, 0.15) is 0 Å². The van der Waals surface area contributed by atoms with Crippen LogP contribution in [0, 0.1) is 10.1 Å². The first-order valence-electron chi connectivity index (χ1n) is 9.34. The highest BCUT2D eigenvalue weighted by Gasteiger charge is 2.12. The number of nitrogens with one attached hydrogen (secondary N) is 1. The fraction of sp³-hybridized carbons (Fsp3) is 0.0455. The number of nitro benzene ring substituents is 1. The molecule has 0 spiro atoms. The molecule has 0 bridgehead atoms. The van der Waals surface area contributed by atoms with Gasteiger partial charge in [-0.1, -0.05) is 36.4 Å². The molecule has 9 nitrogen and oxygen atoms in total. The van der Waals surface area contributed by atoms with Crippen LogP contribution in [-0.4, -0.2) is 25.6 Å². The van der Waals surface area contributed by atoms with Crippen LogP contribution in [0.25, 0.3) is 11.4 Å². The van der Waals surface area contributed by atoms with Gasteiger partial charge in [-0.25, -0.2) is 9.67 Å². The molecule has 0 atom stereocenters. The van der Waals surface area contributed by atoms with Gasteiger partial charge in [-0.2, -0.15) is 5.10 Å². The summed E-state index contributed by atoms with van der Waals surface area (Å²) in [6.07, 6.45) is 1.41. The van der Waals surface area contributed by atoms with E-state index in [0.717, 1.165) is 0 Å². The summed E-state index contributed by atoms with van der Waals surface area (Å²) in [5, 5.41) is 18.0. The van der Waals surface area contributed by atoms with Gasteiger partial charge in [0.25, 0.3) is 5.69 Å². The normalized spacial score (nSPS) is 10.5. The number of rotatable bonds is 7. The Kier molecular flexibility index (Phi) is 5.66. The van der Waals surface area contributed by atoms with E-state index in [1.165, 1.54) is 23.1 Å². The number of non-ortho nitro benzene ring substituents is 1. The fourth-order valence-electron chi connectivity index (χ4n) is 2.87. The third-order valence-electron chi connectivity index (χ3n) is 4.25. The molecule has 0 aliphatic rings. The number of hydrogen-bond acceptors (Lipinski definition) is 6. The van der Waals surface area contributed by atoms with Crippen LogP contribution in [0.3, 0.4) is 0 Å². The van der Waals surface area contributed by atoms with E-state index < -0.39 is 4.92 Å². The Balaban J connectivity index is 1.40. The van der Waals surface area contributed by atoms with Gasteiger partial charge in [0.05, 0.1) is 4.92 Å². The number of nitro groups is 1. The number of aromatic nitrogens is 3. The molecule has 154 valence electrons. The Morgan fingerprint density at radius 1 is 1.00 bits per heavy atom. The SMILES string of the molecule is O=C(Cn1cnc(-c2cccc([N+](=O)[O-])c2)n1)Nc1cccc(Oc2ccccc2)c1. The van der Waals surface area contributed by atoms with E-state index >= 15 is 0 Å². The molecule has 4 aromatic rings. The lowest BCUT2D eigenvalue weighted by Crippen LogP contribution is -2.19. The summed E-state index contributed by atoms with van der Waals surface area (Å²) in [5.74, 6) is 1.29. The van der Waals surface area contributed by atoms with Gasteiger partial charge in [0, 0.05) is 29.4 Å². The van der Waals surface area contributed by atoms with Crippen LogP contribution >= 0.6 is 0 Å². The predicted octanol–water partition coefficient (Wildman–Crippen LogP) is 4.28. The summed E-state index contributed by atoms with van der Waals surface area (Å²) in [7, 11) is 0. The molecule has 1 amide bonds. The van der Waals surface area contributed by atoms with E-state index in [4.69, 9.17) is 4.74 Å². The van der Waals surface area contributed by atoms with Crippen molar-refractivity contribution in [3.05, 3.63) is 95.3 Å². The van der Waals surface area contributed by atoms with Crippen LogP contribution in [0.2, 0.25) is 0 Å². The molecule has 1 heterocycles. The molecule has 4 rings (SSSR count). The summed E-state index contributed by atoms with van der Waals surface area (Å²) >= 11 is 0. The molecule has 0 saturated carbocycles. The standard InChI is InChI=1S/C22H17N5O4/c28-21(24-17-7-5-11-20(13-17)31-19-9-2-1-3-10-19)14-26-15-23-22(25-26)16-6-4-8-18(12-16)27(29)30/h1-13,15H,14H2,(H,24,28).